The molecule has 1 fully saturated rings. The van der Waals surface area contributed by atoms with Crippen LogP contribution >= 0.6 is 0 Å². The number of nitrogens with one attached hydrogen (secondary N) is 2. The molecule has 1 saturated carbocycles. The van der Waals surface area contributed by atoms with Gasteiger partial charge in [0.2, 0.25) is 11.4 Å². The fourth-order valence-corrected chi connectivity index (χ4v) is 2.79. The number of rotatable bonds is 8. The van der Waals surface area contributed by atoms with Gasteiger partial charge in [0.25, 0.3) is 5.91 Å². The fourth-order valence-electron chi connectivity index (χ4n) is 2.79. The summed E-state index contributed by atoms with van der Waals surface area (Å²) >= 11 is 0. The first-order chi connectivity index (χ1) is 11.8. The number of carbonyl (C=O) groups excluding carboxylic acids is 3. The van der Waals surface area contributed by atoms with Gasteiger partial charge in [-0.3, -0.25) is 14.4 Å². The minimum absolute atomic E-state index is 0.0188. The molecule has 0 bridgehead atoms. The van der Waals surface area contributed by atoms with Gasteiger partial charge < -0.3 is 26.2 Å². The lowest BCUT2D eigenvalue weighted by Gasteiger charge is -2.33. The van der Waals surface area contributed by atoms with Crippen LogP contribution in [0.25, 0.3) is 0 Å². The standard InChI is InChI=1S/C17H29N3O6/c1-15(2,3)17(6-7-17)9-19-13(24)16(4,14(25)26-5)20-12(23)10(18)8-11(21)22/h10H,6-9,18H2,1-5H3,(H,19,24)(H,20,23)(H,21,22)/t10-,16-/m0/s1. The molecule has 0 aromatic rings. The van der Waals surface area contributed by atoms with Crippen molar-refractivity contribution in [1.82, 2.24) is 10.6 Å². The van der Waals surface area contributed by atoms with Crippen LogP contribution in [-0.2, 0) is 23.9 Å². The first kappa shape index (κ1) is 21.9. The third-order valence-corrected chi connectivity index (χ3v) is 5.18. The van der Waals surface area contributed by atoms with E-state index in [1.54, 1.807) is 0 Å². The van der Waals surface area contributed by atoms with Crippen LogP contribution in [0.4, 0.5) is 0 Å². The molecule has 0 unspecified atom stereocenters. The molecule has 0 saturated heterocycles. The number of carboxylic acids is 1. The van der Waals surface area contributed by atoms with Crippen molar-refractivity contribution in [3.05, 3.63) is 0 Å². The van der Waals surface area contributed by atoms with E-state index in [2.05, 4.69) is 36.1 Å². The van der Waals surface area contributed by atoms with Crippen molar-refractivity contribution in [3.8, 4) is 0 Å². The van der Waals surface area contributed by atoms with Crippen LogP contribution in [0.15, 0.2) is 0 Å². The lowest BCUT2D eigenvalue weighted by Crippen LogP contribution is -2.65. The highest BCUT2D eigenvalue weighted by Crippen LogP contribution is 2.57. The summed E-state index contributed by atoms with van der Waals surface area (Å²) in [6.45, 7) is 7.81. The Balaban J connectivity index is 2.87. The summed E-state index contributed by atoms with van der Waals surface area (Å²) in [5.74, 6) is -3.88. The topological polar surface area (TPSA) is 148 Å². The van der Waals surface area contributed by atoms with Gasteiger partial charge in [0.15, 0.2) is 0 Å². The first-order valence-electron chi connectivity index (χ1n) is 8.45. The SMILES string of the molecule is COC(=O)[C@@](C)(NC(=O)[C@@H](N)CC(=O)O)C(=O)NCC1(C(C)(C)C)CC1. The van der Waals surface area contributed by atoms with Crippen molar-refractivity contribution < 1.29 is 29.0 Å². The average Bonchev–Trinajstić information content (AvgIpc) is 3.31. The Bertz CT molecular complexity index is 594. The van der Waals surface area contributed by atoms with Gasteiger partial charge in [-0.2, -0.15) is 0 Å². The zero-order chi connectivity index (χ0) is 20.3. The highest BCUT2D eigenvalue weighted by Gasteiger charge is 2.53. The van der Waals surface area contributed by atoms with Gasteiger partial charge in [-0.15, -0.1) is 0 Å². The minimum atomic E-state index is -2.00. The third kappa shape index (κ3) is 4.72. The molecular weight excluding hydrogens is 342 g/mol. The molecule has 0 spiro atoms. The van der Waals surface area contributed by atoms with E-state index in [0.29, 0.717) is 6.54 Å². The predicted octanol–water partition coefficient (Wildman–Crippen LogP) is -0.221. The van der Waals surface area contributed by atoms with Crippen LogP contribution in [0.1, 0.15) is 47.0 Å². The first-order valence-corrected chi connectivity index (χ1v) is 8.45. The number of nitrogens with two attached hydrogens (primary N) is 1. The van der Waals surface area contributed by atoms with E-state index in [4.69, 9.17) is 10.8 Å². The number of aliphatic carboxylic acids is 1. The van der Waals surface area contributed by atoms with Crippen molar-refractivity contribution in [2.75, 3.05) is 13.7 Å². The lowest BCUT2D eigenvalue weighted by molar-refractivity contribution is -0.155. The van der Waals surface area contributed by atoms with Crippen molar-refractivity contribution in [2.24, 2.45) is 16.6 Å². The van der Waals surface area contributed by atoms with E-state index in [-0.39, 0.29) is 10.8 Å². The molecule has 9 nitrogen and oxygen atoms in total. The van der Waals surface area contributed by atoms with Crippen molar-refractivity contribution in [2.45, 2.75) is 58.5 Å². The van der Waals surface area contributed by atoms with Gasteiger partial charge >= 0.3 is 11.9 Å². The highest BCUT2D eigenvalue weighted by molar-refractivity contribution is 6.10. The summed E-state index contributed by atoms with van der Waals surface area (Å²) in [7, 11) is 1.09. The van der Waals surface area contributed by atoms with Gasteiger partial charge in [0, 0.05) is 6.54 Å². The number of amides is 2. The maximum absolute atomic E-state index is 12.7. The van der Waals surface area contributed by atoms with Crippen molar-refractivity contribution in [3.63, 3.8) is 0 Å². The number of methoxy groups -OCH3 is 1. The van der Waals surface area contributed by atoms with E-state index in [1.165, 1.54) is 6.92 Å². The zero-order valence-electron chi connectivity index (χ0n) is 16.0. The molecule has 9 heteroatoms. The molecule has 0 aliphatic heterocycles. The zero-order valence-corrected chi connectivity index (χ0v) is 16.0. The normalized spacial score (nSPS) is 18.8. The molecule has 0 aromatic carbocycles. The second kappa shape index (κ2) is 7.61. The van der Waals surface area contributed by atoms with Crippen LogP contribution < -0.4 is 16.4 Å². The molecule has 1 aliphatic rings. The molecule has 26 heavy (non-hydrogen) atoms. The summed E-state index contributed by atoms with van der Waals surface area (Å²) in [5, 5.41) is 13.7. The summed E-state index contributed by atoms with van der Waals surface area (Å²) in [4.78, 5) is 47.6. The van der Waals surface area contributed by atoms with E-state index in [0.717, 1.165) is 20.0 Å². The molecule has 1 aliphatic carbocycles. The molecule has 0 aromatic heterocycles. The summed E-state index contributed by atoms with van der Waals surface area (Å²) in [6.07, 6.45) is 1.29. The van der Waals surface area contributed by atoms with Crippen molar-refractivity contribution in [1.29, 1.82) is 0 Å². The van der Waals surface area contributed by atoms with Gasteiger partial charge in [0.1, 0.15) is 0 Å². The molecular formula is C17H29N3O6. The largest absolute Gasteiger partial charge is 0.481 e. The number of hydrogen-bond acceptors (Lipinski definition) is 6. The van der Waals surface area contributed by atoms with E-state index in [1.807, 2.05) is 0 Å². The Morgan fingerprint density at radius 1 is 1.19 bits per heavy atom. The van der Waals surface area contributed by atoms with E-state index in [9.17, 15) is 19.2 Å². The Morgan fingerprint density at radius 2 is 1.73 bits per heavy atom. The van der Waals surface area contributed by atoms with E-state index >= 15 is 0 Å². The predicted molar refractivity (Wildman–Crippen MR) is 92.9 cm³/mol. The number of carboxylic acid groups (broad SMARTS) is 1. The average molecular weight is 371 g/mol. The van der Waals surface area contributed by atoms with Crippen LogP contribution in [0.2, 0.25) is 0 Å². The number of carbonyl (C=O) groups is 4. The number of hydrogen-bond donors (Lipinski definition) is 4. The number of ether oxygens (including phenoxy) is 1. The molecule has 2 atom stereocenters. The minimum Gasteiger partial charge on any atom is -0.481 e. The Hall–Kier alpha value is -2.16. The van der Waals surface area contributed by atoms with Crippen LogP contribution in [0.3, 0.4) is 0 Å². The van der Waals surface area contributed by atoms with Gasteiger partial charge in [-0.25, -0.2) is 4.79 Å². The Morgan fingerprint density at radius 3 is 2.12 bits per heavy atom. The number of esters is 1. The van der Waals surface area contributed by atoms with Gasteiger partial charge in [-0.05, 0) is 30.6 Å². The maximum Gasteiger partial charge on any atom is 0.341 e. The summed E-state index contributed by atoms with van der Waals surface area (Å²) in [6, 6.07) is -1.39. The van der Waals surface area contributed by atoms with Crippen LogP contribution in [0.5, 0.6) is 0 Å². The highest BCUT2D eigenvalue weighted by atomic mass is 16.5. The third-order valence-electron chi connectivity index (χ3n) is 5.18. The monoisotopic (exact) mass is 371 g/mol. The second-order valence-corrected chi connectivity index (χ2v) is 8.02. The smallest absolute Gasteiger partial charge is 0.341 e. The second-order valence-electron chi connectivity index (χ2n) is 8.02. The molecule has 5 N–H and O–H groups in total. The van der Waals surface area contributed by atoms with E-state index < -0.39 is 41.8 Å². The van der Waals surface area contributed by atoms with Crippen LogP contribution in [0, 0.1) is 10.8 Å². The maximum atomic E-state index is 12.7. The molecule has 2 amide bonds. The van der Waals surface area contributed by atoms with Gasteiger partial charge in [-0.1, -0.05) is 20.8 Å². The van der Waals surface area contributed by atoms with Gasteiger partial charge in [0.05, 0.1) is 19.6 Å². The molecule has 148 valence electrons. The molecule has 1 rings (SSSR count). The summed E-state index contributed by atoms with van der Waals surface area (Å²) in [5.41, 5.74) is 3.43. The fraction of sp³-hybridized carbons (Fsp3) is 0.765. The van der Waals surface area contributed by atoms with Crippen molar-refractivity contribution >= 4 is 23.8 Å². The summed E-state index contributed by atoms with van der Waals surface area (Å²) < 4.78 is 4.64. The molecule has 0 radical (unpaired) electrons. The lowest BCUT2D eigenvalue weighted by atomic mass is 9.77. The quantitative estimate of drug-likeness (QED) is 0.340. The Labute approximate surface area is 153 Å². The van der Waals surface area contributed by atoms with Crippen LogP contribution in [-0.4, -0.2) is 54.1 Å². The molecule has 0 heterocycles. The Kier molecular flexibility index (Phi) is 6.40.